The molecule has 0 aliphatic heterocycles. The van der Waals surface area contributed by atoms with Gasteiger partial charge in [0.25, 0.3) is 0 Å². The van der Waals surface area contributed by atoms with Crippen molar-refractivity contribution in [1.82, 2.24) is 0 Å². The summed E-state index contributed by atoms with van der Waals surface area (Å²) >= 11 is 2.11. The van der Waals surface area contributed by atoms with Gasteiger partial charge in [-0.1, -0.05) is 25.6 Å². The van der Waals surface area contributed by atoms with E-state index in [0.717, 1.165) is 9.13 Å². The van der Waals surface area contributed by atoms with Crippen LogP contribution in [0.25, 0.3) is 0 Å². The maximum Gasteiger partial charge on any atom is 0.335 e. The lowest BCUT2D eigenvalue weighted by atomic mass is 10.1. The van der Waals surface area contributed by atoms with Gasteiger partial charge in [0.05, 0.1) is 5.56 Å². The van der Waals surface area contributed by atoms with Crippen LogP contribution in [-0.4, -0.2) is 19.1 Å². The SMILES string of the molecule is C[Si](C)(C)C#Cc1cc(I)cc(C(=O)O)c1. The summed E-state index contributed by atoms with van der Waals surface area (Å²) in [6.07, 6.45) is 0. The summed E-state index contributed by atoms with van der Waals surface area (Å²) in [6.45, 7) is 6.48. The molecule has 84 valence electrons. The van der Waals surface area contributed by atoms with Gasteiger partial charge in [-0.2, -0.15) is 0 Å². The zero-order valence-corrected chi connectivity index (χ0v) is 12.6. The Morgan fingerprint density at radius 3 is 2.44 bits per heavy atom. The lowest BCUT2D eigenvalue weighted by Gasteiger charge is -2.04. The van der Waals surface area contributed by atoms with E-state index in [-0.39, 0.29) is 0 Å². The molecule has 0 spiro atoms. The van der Waals surface area contributed by atoms with Gasteiger partial charge < -0.3 is 5.11 Å². The highest BCUT2D eigenvalue weighted by Gasteiger charge is 2.08. The average Bonchev–Trinajstić information content (AvgIpc) is 2.13. The van der Waals surface area contributed by atoms with Gasteiger partial charge >= 0.3 is 5.97 Å². The van der Waals surface area contributed by atoms with Gasteiger partial charge in [-0.3, -0.25) is 0 Å². The molecule has 1 aromatic rings. The van der Waals surface area contributed by atoms with E-state index in [1.165, 1.54) is 0 Å². The molecule has 0 fully saturated rings. The highest BCUT2D eigenvalue weighted by atomic mass is 127. The van der Waals surface area contributed by atoms with Crippen LogP contribution >= 0.6 is 22.6 Å². The topological polar surface area (TPSA) is 37.3 Å². The third kappa shape index (κ3) is 4.37. The number of rotatable bonds is 1. The predicted octanol–water partition coefficient (Wildman–Crippen LogP) is 3.22. The smallest absolute Gasteiger partial charge is 0.335 e. The number of hydrogen-bond donors (Lipinski definition) is 1. The maximum atomic E-state index is 10.9. The van der Waals surface area contributed by atoms with Gasteiger partial charge in [-0.15, -0.1) is 5.54 Å². The zero-order valence-electron chi connectivity index (χ0n) is 9.47. The summed E-state index contributed by atoms with van der Waals surface area (Å²) in [5.74, 6) is 2.16. The predicted molar refractivity (Wildman–Crippen MR) is 76.3 cm³/mol. The van der Waals surface area contributed by atoms with E-state index in [0.29, 0.717) is 5.56 Å². The number of carbonyl (C=O) groups is 1. The van der Waals surface area contributed by atoms with Gasteiger partial charge in [0.15, 0.2) is 0 Å². The Labute approximate surface area is 110 Å². The van der Waals surface area contributed by atoms with Crippen LogP contribution in [0.2, 0.25) is 19.6 Å². The molecule has 4 heteroatoms. The molecule has 1 N–H and O–H groups in total. The van der Waals surface area contributed by atoms with E-state index in [1.807, 2.05) is 6.07 Å². The highest BCUT2D eigenvalue weighted by Crippen LogP contribution is 2.12. The summed E-state index contributed by atoms with van der Waals surface area (Å²) < 4.78 is 0.900. The van der Waals surface area contributed by atoms with Crippen LogP contribution in [-0.2, 0) is 0 Å². The molecule has 1 rings (SSSR count). The number of aromatic carboxylic acids is 1. The molecule has 0 radical (unpaired) electrons. The third-order valence-electron chi connectivity index (χ3n) is 1.73. The number of benzene rings is 1. The molecule has 1 aromatic carbocycles. The standard InChI is InChI=1S/C12H13IO2Si/c1-16(2,3)5-4-9-6-10(12(14)15)8-11(13)7-9/h6-8H,1-3H3,(H,14,15). The third-order valence-corrected chi connectivity index (χ3v) is 3.22. The molecule has 0 aromatic heterocycles. The Bertz CT molecular complexity index is 478. The molecule has 16 heavy (non-hydrogen) atoms. The second-order valence-electron chi connectivity index (χ2n) is 4.53. The number of halogens is 1. The van der Waals surface area contributed by atoms with Crippen molar-refractivity contribution in [1.29, 1.82) is 0 Å². The Morgan fingerprint density at radius 2 is 1.94 bits per heavy atom. The van der Waals surface area contributed by atoms with Gasteiger partial charge in [0.1, 0.15) is 8.07 Å². The minimum atomic E-state index is -1.41. The summed E-state index contributed by atoms with van der Waals surface area (Å²) in [6, 6.07) is 5.17. The first-order chi connectivity index (χ1) is 7.28. The molecule has 0 heterocycles. The van der Waals surface area contributed by atoms with E-state index >= 15 is 0 Å². The normalized spacial score (nSPS) is 10.5. The van der Waals surface area contributed by atoms with E-state index in [9.17, 15) is 4.79 Å². The van der Waals surface area contributed by atoms with Crippen LogP contribution in [0.5, 0.6) is 0 Å². The number of carboxylic acids is 1. The van der Waals surface area contributed by atoms with E-state index in [4.69, 9.17) is 5.11 Å². The molecule has 0 saturated carbocycles. The summed E-state index contributed by atoms with van der Waals surface area (Å²) in [4.78, 5) is 10.9. The van der Waals surface area contributed by atoms with Gasteiger partial charge in [0.2, 0.25) is 0 Å². The minimum absolute atomic E-state index is 0.298. The Balaban J connectivity index is 3.14. The average molecular weight is 344 g/mol. The van der Waals surface area contributed by atoms with Crippen molar-refractivity contribution in [3.05, 3.63) is 32.9 Å². The van der Waals surface area contributed by atoms with Gasteiger partial charge in [-0.05, 0) is 40.8 Å². The van der Waals surface area contributed by atoms with Crippen LogP contribution < -0.4 is 0 Å². The van der Waals surface area contributed by atoms with Crippen molar-refractivity contribution in [2.75, 3.05) is 0 Å². The molecule has 2 nitrogen and oxygen atoms in total. The second-order valence-corrected chi connectivity index (χ2v) is 10.5. The highest BCUT2D eigenvalue weighted by molar-refractivity contribution is 14.1. The van der Waals surface area contributed by atoms with Crippen molar-refractivity contribution in [2.45, 2.75) is 19.6 Å². The lowest BCUT2D eigenvalue weighted by molar-refractivity contribution is 0.0697. The fourth-order valence-corrected chi connectivity index (χ4v) is 2.24. The zero-order chi connectivity index (χ0) is 12.3. The first-order valence-electron chi connectivity index (χ1n) is 4.85. The first-order valence-corrected chi connectivity index (χ1v) is 9.43. The molecule has 0 aliphatic carbocycles. The van der Waals surface area contributed by atoms with E-state index in [1.54, 1.807) is 12.1 Å². The molecule has 0 aliphatic rings. The minimum Gasteiger partial charge on any atom is -0.478 e. The lowest BCUT2D eigenvalue weighted by Crippen LogP contribution is -2.16. The Morgan fingerprint density at radius 1 is 1.31 bits per heavy atom. The Hall–Kier alpha value is -0.803. The summed E-state index contributed by atoms with van der Waals surface area (Å²) in [5.41, 5.74) is 4.31. The molecule has 0 atom stereocenters. The van der Waals surface area contributed by atoms with Crippen LogP contribution in [0.3, 0.4) is 0 Å². The van der Waals surface area contributed by atoms with Crippen LogP contribution in [0, 0.1) is 15.0 Å². The molecular weight excluding hydrogens is 331 g/mol. The molecular formula is C12H13IO2Si. The first kappa shape index (κ1) is 13.3. The van der Waals surface area contributed by atoms with Crippen molar-refractivity contribution in [3.8, 4) is 11.5 Å². The van der Waals surface area contributed by atoms with Crippen molar-refractivity contribution in [3.63, 3.8) is 0 Å². The van der Waals surface area contributed by atoms with Crippen LogP contribution in [0.15, 0.2) is 18.2 Å². The number of carboxylic acid groups (broad SMARTS) is 1. The van der Waals surface area contributed by atoms with Crippen LogP contribution in [0.4, 0.5) is 0 Å². The molecule has 0 saturated heterocycles. The Kier molecular flexibility index (Phi) is 4.16. The summed E-state index contributed by atoms with van der Waals surface area (Å²) in [7, 11) is -1.41. The molecule has 0 amide bonds. The fraction of sp³-hybridized carbons (Fsp3) is 0.250. The van der Waals surface area contributed by atoms with E-state index < -0.39 is 14.0 Å². The van der Waals surface area contributed by atoms with Crippen molar-refractivity contribution in [2.24, 2.45) is 0 Å². The molecule has 0 bridgehead atoms. The van der Waals surface area contributed by atoms with Gasteiger partial charge in [0, 0.05) is 9.13 Å². The van der Waals surface area contributed by atoms with E-state index in [2.05, 4.69) is 53.7 Å². The van der Waals surface area contributed by atoms with Gasteiger partial charge in [-0.25, -0.2) is 4.79 Å². The fourth-order valence-electron chi connectivity index (χ4n) is 1.04. The summed E-state index contributed by atoms with van der Waals surface area (Å²) in [5, 5.41) is 8.92. The number of hydrogen-bond acceptors (Lipinski definition) is 1. The maximum absolute atomic E-state index is 10.9. The quantitative estimate of drug-likeness (QED) is 0.483. The molecule has 0 unspecified atom stereocenters. The second kappa shape index (κ2) is 5.02. The largest absolute Gasteiger partial charge is 0.478 e. The van der Waals surface area contributed by atoms with Crippen molar-refractivity contribution < 1.29 is 9.90 Å². The van der Waals surface area contributed by atoms with Crippen LogP contribution in [0.1, 0.15) is 15.9 Å². The van der Waals surface area contributed by atoms with Crippen molar-refractivity contribution >= 4 is 36.6 Å². The monoisotopic (exact) mass is 344 g/mol.